The Labute approximate surface area is 139 Å². The summed E-state index contributed by atoms with van der Waals surface area (Å²) in [5, 5.41) is 0.624. The van der Waals surface area contributed by atoms with Crippen LogP contribution in [0, 0.1) is 0 Å². The smallest absolute Gasteiger partial charge is 0.416 e. The molecule has 1 heterocycles. The third-order valence-electron chi connectivity index (χ3n) is 3.53. The van der Waals surface area contributed by atoms with Crippen LogP contribution in [0.15, 0.2) is 54.6 Å². The number of esters is 1. The molecular formula is C18H11F4NO2. The van der Waals surface area contributed by atoms with Crippen molar-refractivity contribution < 1.29 is 27.1 Å². The second-order valence-electron chi connectivity index (χ2n) is 5.23. The van der Waals surface area contributed by atoms with Gasteiger partial charge >= 0.3 is 12.1 Å². The number of pyridine rings is 1. The summed E-state index contributed by atoms with van der Waals surface area (Å²) < 4.78 is 55.5. The molecule has 0 atom stereocenters. The third-order valence-corrected chi connectivity index (χ3v) is 3.53. The van der Waals surface area contributed by atoms with Gasteiger partial charge in [0, 0.05) is 5.39 Å². The van der Waals surface area contributed by atoms with Crippen molar-refractivity contribution >= 4 is 16.9 Å². The predicted molar refractivity (Wildman–Crippen MR) is 83.0 cm³/mol. The second-order valence-corrected chi connectivity index (χ2v) is 5.23. The molecule has 0 saturated heterocycles. The molecular weight excluding hydrogens is 338 g/mol. The molecule has 0 amide bonds. The van der Waals surface area contributed by atoms with Crippen molar-refractivity contribution in [3.8, 4) is 5.75 Å². The number of aromatic nitrogens is 1. The first kappa shape index (κ1) is 16.9. The zero-order valence-electron chi connectivity index (χ0n) is 12.7. The SMILES string of the molecule is O=C(Oc1ccc(C(F)(F)F)cc1)c1cccc2ccc(CF)nc12. The number of carbonyl (C=O) groups is 1. The number of ether oxygens (including phenoxy) is 1. The Kier molecular flexibility index (Phi) is 4.39. The number of halogens is 4. The van der Waals surface area contributed by atoms with Crippen molar-refractivity contribution in [2.24, 2.45) is 0 Å². The van der Waals surface area contributed by atoms with E-state index < -0.39 is 24.4 Å². The van der Waals surface area contributed by atoms with E-state index in [1.54, 1.807) is 18.2 Å². The Morgan fingerprint density at radius 2 is 1.72 bits per heavy atom. The van der Waals surface area contributed by atoms with Crippen LogP contribution in [0.25, 0.3) is 10.9 Å². The van der Waals surface area contributed by atoms with Gasteiger partial charge in [0.2, 0.25) is 0 Å². The summed E-state index contributed by atoms with van der Waals surface area (Å²) in [5.41, 5.74) is -0.295. The first-order valence-corrected chi connectivity index (χ1v) is 7.22. The average molecular weight is 349 g/mol. The molecule has 0 aliphatic carbocycles. The van der Waals surface area contributed by atoms with Crippen LogP contribution in [0.2, 0.25) is 0 Å². The van der Waals surface area contributed by atoms with E-state index in [2.05, 4.69) is 4.98 Å². The van der Waals surface area contributed by atoms with E-state index in [-0.39, 0.29) is 22.5 Å². The van der Waals surface area contributed by atoms with Crippen molar-refractivity contribution in [2.75, 3.05) is 0 Å². The Bertz CT molecular complexity index is 921. The summed E-state index contributed by atoms with van der Waals surface area (Å²) in [6.07, 6.45) is -4.47. The highest BCUT2D eigenvalue weighted by molar-refractivity contribution is 6.03. The minimum absolute atomic E-state index is 0.0309. The summed E-state index contributed by atoms with van der Waals surface area (Å²) in [4.78, 5) is 16.4. The largest absolute Gasteiger partial charge is 0.423 e. The van der Waals surface area contributed by atoms with Gasteiger partial charge in [-0.05, 0) is 36.4 Å². The molecule has 128 valence electrons. The summed E-state index contributed by atoms with van der Waals surface area (Å²) in [6, 6.07) is 11.7. The van der Waals surface area contributed by atoms with Crippen LogP contribution in [0.3, 0.4) is 0 Å². The number of hydrogen-bond acceptors (Lipinski definition) is 3. The van der Waals surface area contributed by atoms with Crippen molar-refractivity contribution in [2.45, 2.75) is 12.9 Å². The molecule has 0 N–H and O–H groups in total. The molecule has 0 radical (unpaired) electrons. The Hall–Kier alpha value is -2.96. The second kappa shape index (κ2) is 6.51. The predicted octanol–water partition coefficient (Wildman–Crippen LogP) is 4.94. The minimum atomic E-state index is -4.47. The summed E-state index contributed by atoms with van der Waals surface area (Å²) in [7, 11) is 0. The zero-order valence-corrected chi connectivity index (χ0v) is 12.7. The van der Waals surface area contributed by atoms with Crippen LogP contribution >= 0.6 is 0 Å². The van der Waals surface area contributed by atoms with E-state index in [1.807, 2.05) is 0 Å². The number of fused-ring (bicyclic) bond motifs is 1. The standard InChI is InChI=1S/C18H11F4NO2/c19-10-13-7-4-11-2-1-3-15(16(11)23-13)17(24)25-14-8-5-12(6-9-14)18(20,21)22/h1-9H,10H2. The fourth-order valence-electron chi connectivity index (χ4n) is 2.30. The van der Waals surface area contributed by atoms with Crippen molar-refractivity contribution in [3.05, 3.63) is 71.4 Å². The number of para-hydroxylation sites is 1. The molecule has 0 spiro atoms. The van der Waals surface area contributed by atoms with Crippen LogP contribution in [-0.4, -0.2) is 11.0 Å². The lowest BCUT2D eigenvalue weighted by atomic mass is 10.1. The lowest BCUT2D eigenvalue weighted by Gasteiger charge is -2.09. The minimum Gasteiger partial charge on any atom is -0.423 e. The average Bonchev–Trinajstić information content (AvgIpc) is 2.60. The number of alkyl halides is 4. The van der Waals surface area contributed by atoms with Gasteiger partial charge < -0.3 is 4.74 Å². The molecule has 0 saturated carbocycles. The maximum Gasteiger partial charge on any atom is 0.416 e. The van der Waals surface area contributed by atoms with E-state index in [0.29, 0.717) is 5.39 Å². The van der Waals surface area contributed by atoms with Gasteiger partial charge in [0.1, 0.15) is 12.4 Å². The van der Waals surface area contributed by atoms with Crippen molar-refractivity contribution in [1.29, 1.82) is 0 Å². The number of carbonyl (C=O) groups excluding carboxylic acids is 1. The molecule has 3 nitrogen and oxygen atoms in total. The van der Waals surface area contributed by atoms with Gasteiger partial charge in [-0.25, -0.2) is 14.2 Å². The number of nitrogens with zero attached hydrogens (tertiary/aromatic N) is 1. The highest BCUT2D eigenvalue weighted by atomic mass is 19.4. The molecule has 0 fully saturated rings. The quantitative estimate of drug-likeness (QED) is 0.382. The highest BCUT2D eigenvalue weighted by Crippen LogP contribution is 2.30. The number of hydrogen-bond donors (Lipinski definition) is 0. The lowest BCUT2D eigenvalue weighted by molar-refractivity contribution is -0.137. The first-order valence-electron chi connectivity index (χ1n) is 7.22. The van der Waals surface area contributed by atoms with E-state index in [0.717, 1.165) is 24.3 Å². The topological polar surface area (TPSA) is 39.2 Å². The molecule has 25 heavy (non-hydrogen) atoms. The molecule has 2 aromatic carbocycles. The van der Waals surface area contributed by atoms with E-state index in [1.165, 1.54) is 12.1 Å². The normalized spacial score (nSPS) is 11.5. The molecule has 0 aliphatic heterocycles. The summed E-state index contributed by atoms with van der Waals surface area (Å²) >= 11 is 0. The highest BCUT2D eigenvalue weighted by Gasteiger charge is 2.30. The molecule has 3 aromatic rings. The van der Waals surface area contributed by atoms with E-state index >= 15 is 0 Å². The fourth-order valence-corrected chi connectivity index (χ4v) is 2.30. The fraction of sp³-hybridized carbons (Fsp3) is 0.111. The Morgan fingerprint density at radius 1 is 1.00 bits per heavy atom. The number of benzene rings is 2. The number of rotatable bonds is 3. The van der Waals surface area contributed by atoms with E-state index in [4.69, 9.17) is 4.74 Å². The molecule has 1 aromatic heterocycles. The molecule has 0 bridgehead atoms. The first-order chi connectivity index (χ1) is 11.9. The van der Waals surface area contributed by atoms with Gasteiger partial charge in [0.05, 0.1) is 22.3 Å². The molecule has 0 unspecified atom stereocenters. The Morgan fingerprint density at radius 3 is 2.36 bits per heavy atom. The van der Waals surface area contributed by atoms with Gasteiger partial charge in [-0.3, -0.25) is 0 Å². The van der Waals surface area contributed by atoms with Gasteiger partial charge in [0.15, 0.2) is 0 Å². The maximum atomic E-state index is 12.8. The van der Waals surface area contributed by atoms with Crippen LogP contribution in [0.5, 0.6) is 5.75 Å². The molecule has 3 rings (SSSR count). The molecule has 0 aliphatic rings. The van der Waals surface area contributed by atoms with E-state index in [9.17, 15) is 22.4 Å². The third kappa shape index (κ3) is 3.60. The van der Waals surface area contributed by atoms with Crippen LogP contribution in [0.4, 0.5) is 17.6 Å². The summed E-state index contributed by atoms with van der Waals surface area (Å²) in [6.45, 7) is -0.780. The van der Waals surface area contributed by atoms with Crippen LogP contribution < -0.4 is 4.74 Å². The maximum absolute atomic E-state index is 12.8. The van der Waals surface area contributed by atoms with Crippen LogP contribution in [0.1, 0.15) is 21.6 Å². The molecule has 7 heteroatoms. The lowest BCUT2D eigenvalue weighted by Crippen LogP contribution is -2.10. The van der Waals surface area contributed by atoms with Gasteiger partial charge in [-0.2, -0.15) is 13.2 Å². The van der Waals surface area contributed by atoms with Crippen molar-refractivity contribution in [1.82, 2.24) is 4.98 Å². The summed E-state index contributed by atoms with van der Waals surface area (Å²) in [5.74, 6) is -0.814. The van der Waals surface area contributed by atoms with Gasteiger partial charge in [0.25, 0.3) is 0 Å². The monoisotopic (exact) mass is 349 g/mol. The van der Waals surface area contributed by atoms with Crippen LogP contribution in [-0.2, 0) is 12.9 Å². The zero-order chi connectivity index (χ0) is 18.0. The Balaban J connectivity index is 1.90. The van der Waals surface area contributed by atoms with Gasteiger partial charge in [-0.15, -0.1) is 0 Å². The van der Waals surface area contributed by atoms with Gasteiger partial charge in [-0.1, -0.05) is 18.2 Å². The van der Waals surface area contributed by atoms with Crippen molar-refractivity contribution in [3.63, 3.8) is 0 Å².